The maximum Gasteiger partial charge on any atom is 0.308 e. The second kappa shape index (κ2) is 7.79. The van der Waals surface area contributed by atoms with Crippen molar-refractivity contribution in [3.63, 3.8) is 0 Å². The molecule has 1 aromatic heterocycles. The lowest BCUT2D eigenvalue weighted by Crippen LogP contribution is -2.38. The third kappa shape index (κ3) is 3.68. The number of hydrogen-bond donors (Lipinski definition) is 0. The number of para-hydroxylation sites is 1. The highest BCUT2D eigenvalue weighted by Crippen LogP contribution is 2.37. The molecule has 0 spiro atoms. The summed E-state index contributed by atoms with van der Waals surface area (Å²) in [6, 6.07) is 11.7. The summed E-state index contributed by atoms with van der Waals surface area (Å²) in [4.78, 5) is 24.1. The molecule has 1 fully saturated rings. The molecule has 0 amide bonds. The Morgan fingerprint density at radius 1 is 1.14 bits per heavy atom. The zero-order chi connectivity index (χ0) is 20.5. The van der Waals surface area contributed by atoms with E-state index in [0.717, 1.165) is 0 Å². The van der Waals surface area contributed by atoms with Crippen LogP contribution < -0.4 is 14.9 Å². The minimum atomic E-state index is -0.213. The average molecular weight is 415 g/mol. The Bertz CT molecular complexity index is 1130. The SMILES string of the molecule is COC(=O)C1CC(Oc2ccc(OC)c(-c3cc(=O)c4cccc(Cl)c4o3)c2)C1. The van der Waals surface area contributed by atoms with Crippen LogP contribution in [-0.2, 0) is 9.53 Å². The molecule has 1 aliphatic carbocycles. The van der Waals surface area contributed by atoms with Crippen LogP contribution in [-0.4, -0.2) is 26.3 Å². The first-order valence-corrected chi connectivity index (χ1v) is 9.53. The van der Waals surface area contributed by atoms with Crippen LogP contribution in [0.2, 0.25) is 5.02 Å². The van der Waals surface area contributed by atoms with Gasteiger partial charge in [0.1, 0.15) is 23.4 Å². The van der Waals surface area contributed by atoms with Gasteiger partial charge in [-0.05, 0) is 43.2 Å². The van der Waals surface area contributed by atoms with Gasteiger partial charge in [-0.1, -0.05) is 17.7 Å². The van der Waals surface area contributed by atoms with Gasteiger partial charge < -0.3 is 18.6 Å². The van der Waals surface area contributed by atoms with Gasteiger partial charge in [-0.15, -0.1) is 0 Å². The zero-order valence-corrected chi connectivity index (χ0v) is 16.7. The minimum Gasteiger partial charge on any atom is -0.496 e. The monoisotopic (exact) mass is 414 g/mol. The fraction of sp³-hybridized carbons (Fsp3) is 0.273. The van der Waals surface area contributed by atoms with Crippen molar-refractivity contribution in [2.24, 2.45) is 5.92 Å². The van der Waals surface area contributed by atoms with Crippen molar-refractivity contribution >= 4 is 28.5 Å². The van der Waals surface area contributed by atoms with Crippen LogP contribution in [0.1, 0.15) is 12.8 Å². The molecule has 0 radical (unpaired) electrons. The number of fused-ring (bicyclic) bond motifs is 1. The standard InChI is InChI=1S/C22H19ClO6/c1-26-19-7-6-13(28-14-8-12(9-14)22(25)27-2)10-16(19)20-11-18(24)15-4-3-5-17(23)21(15)29-20/h3-7,10-12,14H,8-9H2,1-2H3. The molecule has 1 heterocycles. The number of carbonyl (C=O) groups is 1. The Balaban J connectivity index is 1.66. The molecule has 4 rings (SSSR count). The van der Waals surface area contributed by atoms with Crippen molar-refractivity contribution in [2.45, 2.75) is 18.9 Å². The second-order valence-electron chi connectivity index (χ2n) is 6.88. The summed E-state index contributed by atoms with van der Waals surface area (Å²) in [6.45, 7) is 0. The number of rotatable bonds is 5. The van der Waals surface area contributed by atoms with Gasteiger partial charge in [-0.2, -0.15) is 0 Å². The molecule has 1 saturated carbocycles. The highest BCUT2D eigenvalue weighted by Gasteiger charge is 2.37. The molecule has 150 valence electrons. The lowest BCUT2D eigenvalue weighted by atomic mass is 9.82. The lowest BCUT2D eigenvalue weighted by Gasteiger charge is -2.33. The number of ether oxygens (including phenoxy) is 3. The van der Waals surface area contributed by atoms with E-state index in [1.807, 2.05) is 0 Å². The van der Waals surface area contributed by atoms with E-state index in [9.17, 15) is 9.59 Å². The van der Waals surface area contributed by atoms with Crippen molar-refractivity contribution < 1.29 is 23.4 Å². The minimum absolute atomic E-state index is 0.0709. The van der Waals surface area contributed by atoms with E-state index in [1.165, 1.54) is 13.2 Å². The number of methoxy groups -OCH3 is 2. The Morgan fingerprint density at radius 3 is 2.66 bits per heavy atom. The average Bonchev–Trinajstić information content (AvgIpc) is 2.70. The summed E-state index contributed by atoms with van der Waals surface area (Å²) in [5.74, 6) is 1.13. The Morgan fingerprint density at radius 2 is 1.93 bits per heavy atom. The topological polar surface area (TPSA) is 75.0 Å². The van der Waals surface area contributed by atoms with Crippen molar-refractivity contribution in [3.05, 3.63) is 57.7 Å². The summed E-state index contributed by atoms with van der Waals surface area (Å²) < 4.78 is 22.1. The van der Waals surface area contributed by atoms with Crippen LogP contribution in [0.25, 0.3) is 22.3 Å². The smallest absolute Gasteiger partial charge is 0.308 e. The molecule has 7 heteroatoms. The van der Waals surface area contributed by atoms with Crippen molar-refractivity contribution in [1.82, 2.24) is 0 Å². The third-order valence-corrected chi connectivity index (χ3v) is 5.37. The molecule has 0 atom stereocenters. The molecule has 0 bridgehead atoms. The number of halogens is 1. The van der Waals surface area contributed by atoms with Crippen molar-refractivity contribution in [1.29, 1.82) is 0 Å². The van der Waals surface area contributed by atoms with Gasteiger partial charge in [-0.25, -0.2) is 0 Å². The van der Waals surface area contributed by atoms with Gasteiger partial charge in [0, 0.05) is 6.07 Å². The highest BCUT2D eigenvalue weighted by molar-refractivity contribution is 6.34. The maximum atomic E-state index is 12.5. The fourth-order valence-electron chi connectivity index (χ4n) is 3.44. The molecule has 3 aromatic rings. The summed E-state index contributed by atoms with van der Waals surface area (Å²) in [6.07, 6.45) is 1.14. The predicted octanol–water partition coefficient (Wildman–Crippen LogP) is 4.45. The molecule has 0 N–H and O–H groups in total. The van der Waals surface area contributed by atoms with Crippen LogP contribution in [0, 0.1) is 5.92 Å². The second-order valence-corrected chi connectivity index (χ2v) is 7.29. The van der Waals surface area contributed by atoms with Crippen LogP contribution in [0.4, 0.5) is 0 Å². The van der Waals surface area contributed by atoms with Crippen LogP contribution in [0.5, 0.6) is 11.5 Å². The highest BCUT2D eigenvalue weighted by atomic mass is 35.5. The summed E-state index contributed by atoms with van der Waals surface area (Å²) in [7, 11) is 2.92. The van der Waals surface area contributed by atoms with Crippen molar-refractivity contribution in [2.75, 3.05) is 14.2 Å². The summed E-state index contributed by atoms with van der Waals surface area (Å²) >= 11 is 6.21. The molecule has 0 aliphatic heterocycles. The molecule has 0 unspecified atom stereocenters. The van der Waals surface area contributed by atoms with Gasteiger partial charge in [0.05, 0.1) is 36.1 Å². The van der Waals surface area contributed by atoms with E-state index in [2.05, 4.69) is 0 Å². The predicted molar refractivity (Wildman–Crippen MR) is 109 cm³/mol. The molecular weight excluding hydrogens is 396 g/mol. The Kier molecular flexibility index (Phi) is 5.20. The first kappa shape index (κ1) is 19.3. The normalized spacial score (nSPS) is 18.2. The van der Waals surface area contributed by atoms with E-state index in [0.29, 0.717) is 51.7 Å². The number of esters is 1. The first-order valence-electron chi connectivity index (χ1n) is 9.15. The number of carbonyl (C=O) groups excluding carboxylic acids is 1. The first-order chi connectivity index (χ1) is 14.0. The molecule has 0 saturated heterocycles. The zero-order valence-electron chi connectivity index (χ0n) is 15.9. The summed E-state index contributed by atoms with van der Waals surface area (Å²) in [5, 5.41) is 0.770. The third-order valence-electron chi connectivity index (χ3n) is 5.08. The van der Waals surface area contributed by atoms with Crippen LogP contribution in [0.3, 0.4) is 0 Å². The van der Waals surface area contributed by atoms with Crippen molar-refractivity contribution in [3.8, 4) is 22.8 Å². The van der Waals surface area contributed by atoms with Gasteiger partial charge in [0.15, 0.2) is 11.0 Å². The Labute approximate surface area is 171 Å². The van der Waals surface area contributed by atoms with E-state index in [-0.39, 0.29) is 23.4 Å². The van der Waals surface area contributed by atoms with Gasteiger partial charge in [0.25, 0.3) is 0 Å². The number of hydrogen-bond acceptors (Lipinski definition) is 6. The van der Waals surface area contributed by atoms with E-state index >= 15 is 0 Å². The molecule has 29 heavy (non-hydrogen) atoms. The van der Waals surface area contributed by atoms with Crippen LogP contribution >= 0.6 is 11.6 Å². The fourth-order valence-corrected chi connectivity index (χ4v) is 3.66. The molecule has 6 nitrogen and oxygen atoms in total. The molecular formula is C22H19ClO6. The Hall–Kier alpha value is -2.99. The van der Waals surface area contributed by atoms with Gasteiger partial charge in [-0.3, -0.25) is 9.59 Å². The quantitative estimate of drug-likeness (QED) is 0.574. The summed E-state index contributed by atoms with van der Waals surface area (Å²) in [5.41, 5.74) is 0.703. The molecule has 1 aliphatic rings. The lowest BCUT2D eigenvalue weighted by molar-refractivity contribution is -0.151. The number of benzene rings is 2. The van der Waals surface area contributed by atoms with Gasteiger partial charge >= 0.3 is 5.97 Å². The van der Waals surface area contributed by atoms with E-state index in [1.54, 1.807) is 43.5 Å². The van der Waals surface area contributed by atoms with Gasteiger partial charge in [0.2, 0.25) is 0 Å². The maximum absolute atomic E-state index is 12.5. The van der Waals surface area contributed by atoms with E-state index < -0.39 is 0 Å². The molecule has 2 aromatic carbocycles. The largest absolute Gasteiger partial charge is 0.496 e. The van der Waals surface area contributed by atoms with E-state index in [4.69, 9.17) is 30.2 Å². The van der Waals surface area contributed by atoms with Crippen LogP contribution in [0.15, 0.2) is 51.7 Å².